The van der Waals surface area contributed by atoms with E-state index < -0.39 is 0 Å². The Morgan fingerprint density at radius 2 is 1.42 bits per heavy atom. The van der Waals surface area contributed by atoms with Crippen LogP contribution in [0.5, 0.6) is 0 Å². The second-order valence-corrected chi connectivity index (χ2v) is 7.42. The lowest BCUT2D eigenvalue weighted by molar-refractivity contribution is 1.10. The molecule has 0 nitrogen and oxygen atoms in total. The van der Waals surface area contributed by atoms with Gasteiger partial charge in [-0.2, -0.15) is 0 Å². The molecule has 0 amide bonds. The molecule has 0 spiro atoms. The molecular weight excluding hydrogens is 247 g/mol. The monoisotopic (exact) mass is 270 g/mol. The van der Waals surface area contributed by atoms with Crippen LogP contribution in [0.4, 0.5) is 0 Å². The third-order valence-electron chi connectivity index (χ3n) is 3.72. The van der Waals surface area contributed by atoms with Crippen LogP contribution in [-0.2, 0) is 0 Å². The number of hydrogen-bond acceptors (Lipinski definition) is 0. The maximum atomic E-state index is 2.33. The van der Waals surface area contributed by atoms with E-state index in [0.29, 0.717) is 0 Å². The Hall–Kier alpha value is -1.13. The van der Waals surface area contributed by atoms with Gasteiger partial charge in [0.2, 0.25) is 0 Å². The van der Waals surface area contributed by atoms with E-state index in [0.717, 1.165) is 0 Å². The fraction of sp³-hybridized carbons (Fsp3) is 0.333. The van der Waals surface area contributed by atoms with Gasteiger partial charge in [-0.25, -0.2) is 0 Å². The van der Waals surface area contributed by atoms with E-state index in [4.69, 9.17) is 0 Å². The molecule has 0 aliphatic heterocycles. The molecule has 0 radical (unpaired) electrons. The van der Waals surface area contributed by atoms with E-state index in [1.807, 2.05) is 0 Å². The molecule has 0 aromatic heterocycles. The summed E-state index contributed by atoms with van der Waals surface area (Å²) in [7, 11) is -0.209. The normalized spacial score (nSPS) is 12.4. The second kappa shape index (κ2) is 6.35. The Balaban J connectivity index is 2.52. The zero-order valence-corrected chi connectivity index (χ0v) is 13.3. The third kappa shape index (κ3) is 3.07. The van der Waals surface area contributed by atoms with Gasteiger partial charge in [0.05, 0.1) is 0 Å². The smallest absolute Gasteiger partial charge is 0.0163 e. The van der Waals surface area contributed by atoms with Crippen LogP contribution in [0.3, 0.4) is 0 Å². The fourth-order valence-corrected chi connectivity index (χ4v) is 5.29. The van der Waals surface area contributed by atoms with Crippen LogP contribution < -0.4 is 10.6 Å². The molecule has 0 aliphatic carbocycles. The lowest BCUT2D eigenvalue weighted by atomic mass is 10.1. The Kier molecular flexibility index (Phi) is 4.77. The first-order valence-electron chi connectivity index (χ1n) is 7.04. The molecule has 0 heterocycles. The molecule has 1 atom stereocenters. The lowest BCUT2D eigenvalue weighted by Crippen LogP contribution is -2.19. The van der Waals surface area contributed by atoms with Crippen LogP contribution in [0.15, 0.2) is 42.5 Å². The van der Waals surface area contributed by atoms with Crippen molar-refractivity contribution in [2.45, 2.75) is 34.1 Å². The quantitative estimate of drug-likeness (QED) is 0.720. The van der Waals surface area contributed by atoms with Crippen LogP contribution >= 0.6 is 7.92 Å². The van der Waals surface area contributed by atoms with E-state index >= 15 is 0 Å². The second-order valence-electron chi connectivity index (χ2n) is 5.16. The summed E-state index contributed by atoms with van der Waals surface area (Å²) in [6.07, 6.45) is 2.53. The summed E-state index contributed by atoms with van der Waals surface area (Å²) in [5.74, 6) is 0. The number of rotatable bonds is 4. The third-order valence-corrected chi connectivity index (χ3v) is 6.76. The summed E-state index contributed by atoms with van der Waals surface area (Å²) in [4.78, 5) is 0. The van der Waals surface area contributed by atoms with Gasteiger partial charge in [0, 0.05) is 0 Å². The highest BCUT2D eigenvalue weighted by Crippen LogP contribution is 2.37. The fourth-order valence-electron chi connectivity index (χ4n) is 2.49. The van der Waals surface area contributed by atoms with Crippen molar-refractivity contribution in [2.24, 2.45) is 0 Å². The summed E-state index contributed by atoms with van der Waals surface area (Å²) in [5.41, 5.74) is 4.32. The molecule has 2 aromatic rings. The minimum atomic E-state index is -0.209. The minimum Gasteiger partial charge on any atom is -0.0650 e. The van der Waals surface area contributed by atoms with Gasteiger partial charge in [0.25, 0.3) is 0 Å². The Labute approximate surface area is 118 Å². The van der Waals surface area contributed by atoms with Crippen molar-refractivity contribution in [3.63, 3.8) is 0 Å². The predicted octanol–water partition coefficient (Wildman–Crippen LogP) is 4.45. The molecule has 100 valence electrons. The molecule has 0 saturated heterocycles. The van der Waals surface area contributed by atoms with Gasteiger partial charge in [-0.15, -0.1) is 0 Å². The van der Waals surface area contributed by atoms with Gasteiger partial charge >= 0.3 is 0 Å². The first-order valence-corrected chi connectivity index (χ1v) is 8.57. The Morgan fingerprint density at radius 1 is 0.789 bits per heavy atom. The SMILES string of the molecule is CCCP(c1ccccc1C)c1cccc(C)c1C. The number of hydrogen-bond donors (Lipinski definition) is 0. The van der Waals surface area contributed by atoms with E-state index in [-0.39, 0.29) is 7.92 Å². The van der Waals surface area contributed by atoms with E-state index in [2.05, 4.69) is 70.2 Å². The van der Waals surface area contributed by atoms with Gasteiger partial charge in [-0.3, -0.25) is 0 Å². The average molecular weight is 270 g/mol. The van der Waals surface area contributed by atoms with E-state index in [9.17, 15) is 0 Å². The number of aryl methyl sites for hydroxylation is 2. The molecule has 1 unspecified atom stereocenters. The van der Waals surface area contributed by atoms with Crippen LogP contribution in [0.2, 0.25) is 0 Å². The summed E-state index contributed by atoms with van der Waals surface area (Å²) >= 11 is 0. The summed E-state index contributed by atoms with van der Waals surface area (Å²) in [6.45, 7) is 9.02. The van der Waals surface area contributed by atoms with Crippen LogP contribution in [0.25, 0.3) is 0 Å². The topological polar surface area (TPSA) is 0 Å². The standard InChI is InChI=1S/C18H23P/c1-5-13-19(17-11-7-6-9-15(17)3)18-12-8-10-14(2)16(18)4/h6-12H,5,13H2,1-4H3. The minimum absolute atomic E-state index is 0.209. The Bertz CT molecular complexity index is 557. The average Bonchev–Trinajstić information content (AvgIpc) is 2.41. The van der Waals surface area contributed by atoms with Crippen molar-refractivity contribution in [2.75, 3.05) is 6.16 Å². The summed E-state index contributed by atoms with van der Waals surface area (Å²) in [6, 6.07) is 15.6. The van der Waals surface area contributed by atoms with Gasteiger partial charge in [0.1, 0.15) is 0 Å². The molecular formula is C18H23P. The molecule has 19 heavy (non-hydrogen) atoms. The molecule has 2 aromatic carbocycles. The zero-order valence-electron chi connectivity index (χ0n) is 12.4. The summed E-state index contributed by atoms with van der Waals surface area (Å²) < 4.78 is 0. The van der Waals surface area contributed by atoms with Gasteiger partial charge < -0.3 is 0 Å². The molecule has 0 bridgehead atoms. The van der Waals surface area contributed by atoms with Crippen molar-refractivity contribution in [1.82, 2.24) is 0 Å². The van der Waals surface area contributed by atoms with E-state index in [1.54, 1.807) is 10.6 Å². The first kappa shape index (κ1) is 14.3. The maximum Gasteiger partial charge on any atom is -0.0163 e. The highest BCUT2D eigenvalue weighted by Gasteiger charge is 2.17. The van der Waals surface area contributed by atoms with Crippen molar-refractivity contribution in [3.8, 4) is 0 Å². The van der Waals surface area contributed by atoms with Crippen molar-refractivity contribution in [1.29, 1.82) is 0 Å². The maximum absolute atomic E-state index is 2.33. The lowest BCUT2D eigenvalue weighted by Gasteiger charge is -2.22. The van der Waals surface area contributed by atoms with E-state index in [1.165, 1.54) is 29.3 Å². The molecule has 2 rings (SSSR count). The van der Waals surface area contributed by atoms with Crippen molar-refractivity contribution in [3.05, 3.63) is 59.2 Å². The molecule has 0 aliphatic rings. The van der Waals surface area contributed by atoms with Crippen LogP contribution in [-0.4, -0.2) is 6.16 Å². The highest BCUT2D eigenvalue weighted by molar-refractivity contribution is 7.73. The van der Waals surface area contributed by atoms with Crippen molar-refractivity contribution < 1.29 is 0 Å². The predicted molar refractivity (Wildman–Crippen MR) is 88.4 cm³/mol. The van der Waals surface area contributed by atoms with Crippen LogP contribution in [0, 0.1) is 20.8 Å². The number of benzene rings is 2. The highest BCUT2D eigenvalue weighted by atomic mass is 31.1. The molecule has 0 N–H and O–H groups in total. The molecule has 0 fully saturated rings. The Morgan fingerprint density at radius 3 is 2.11 bits per heavy atom. The van der Waals surface area contributed by atoms with Gasteiger partial charge in [-0.05, 0) is 62.2 Å². The van der Waals surface area contributed by atoms with Crippen molar-refractivity contribution >= 4 is 18.5 Å². The van der Waals surface area contributed by atoms with Gasteiger partial charge in [0.15, 0.2) is 0 Å². The zero-order chi connectivity index (χ0) is 13.8. The summed E-state index contributed by atoms with van der Waals surface area (Å²) in [5, 5.41) is 3.11. The largest absolute Gasteiger partial charge is 0.0650 e. The molecule has 1 heteroatoms. The molecule has 0 saturated carbocycles. The van der Waals surface area contributed by atoms with Crippen LogP contribution in [0.1, 0.15) is 30.0 Å². The van der Waals surface area contributed by atoms with Gasteiger partial charge in [-0.1, -0.05) is 55.8 Å². The first-order chi connectivity index (χ1) is 9.15.